The van der Waals surface area contributed by atoms with Crippen molar-refractivity contribution in [1.82, 2.24) is 9.55 Å². The predicted molar refractivity (Wildman–Crippen MR) is 141 cm³/mol. The van der Waals surface area contributed by atoms with Crippen LogP contribution in [0.15, 0.2) is 116 Å². The number of benzene rings is 4. The maximum atomic E-state index is 9.01. The molecule has 1 aromatic heterocycles. The number of para-hydroxylation sites is 1. The van der Waals surface area contributed by atoms with Gasteiger partial charge in [0.2, 0.25) is 0 Å². The minimum absolute atomic E-state index is 0.680. The molecule has 1 N–H and O–H groups in total. The number of rotatable bonds is 8. The first-order valence-electron chi connectivity index (χ1n) is 11.7. The summed E-state index contributed by atoms with van der Waals surface area (Å²) in [7, 11) is 0. The molecule has 5 aromatic rings. The first-order valence-corrected chi connectivity index (χ1v) is 11.7. The predicted octanol–water partition coefficient (Wildman–Crippen LogP) is 6.67. The molecule has 0 aliphatic rings. The maximum absolute atomic E-state index is 9.01. The summed E-state index contributed by atoms with van der Waals surface area (Å²) in [6.07, 6.45) is 4.59. The Kier molecular flexibility index (Phi) is 6.68. The van der Waals surface area contributed by atoms with Gasteiger partial charge in [0.1, 0.15) is 0 Å². The van der Waals surface area contributed by atoms with Gasteiger partial charge in [0.25, 0.3) is 0 Å². The molecular formula is C31H26N4. The average Bonchev–Trinajstić information content (AvgIpc) is 3.35. The van der Waals surface area contributed by atoms with Crippen molar-refractivity contribution in [3.63, 3.8) is 0 Å². The number of anilines is 1. The minimum atomic E-state index is 0.680. The van der Waals surface area contributed by atoms with Crippen molar-refractivity contribution >= 4 is 5.69 Å². The number of nitriles is 1. The summed E-state index contributed by atoms with van der Waals surface area (Å²) >= 11 is 0. The van der Waals surface area contributed by atoms with Gasteiger partial charge in [-0.1, -0.05) is 78.9 Å². The van der Waals surface area contributed by atoms with Gasteiger partial charge in [-0.3, -0.25) is 0 Å². The van der Waals surface area contributed by atoms with E-state index >= 15 is 0 Å². The quantitative estimate of drug-likeness (QED) is 0.285. The standard InChI is InChI=1S/C31H26N4/c32-19-25-12-10-24(11-13-25)18-30-21-33-23-35(30)22-26-14-16-27(17-15-26)31-9-5-4-6-28(31)20-34-29-7-2-1-3-8-29/h1-17,21,23,34H,18,20,22H2. The summed E-state index contributed by atoms with van der Waals surface area (Å²) in [4.78, 5) is 4.37. The highest BCUT2D eigenvalue weighted by Gasteiger charge is 2.08. The van der Waals surface area contributed by atoms with Crippen molar-refractivity contribution in [2.45, 2.75) is 19.5 Å². The Hall–Kier alpha value is -4.62. The van der Waals surface area contributed by atoms with E-state index in [0.717, 1.165) is 30.9 Å². The first kappa shape index (κ1) is 22.2. The Labute approximate surface area is 206 Å². The smallest absolute Gasteiger partial charge is 0.0991 e. The largest absolute Gasteiger partial charge is 0.381 e. The van der Waals surface area contributed by atoms with Gasteiger partial charge in [-0.15, -0.1) is 0 Å². The van der Waals surface area contributed by atoms with Gasteiger partial charge in [-0.25, -0.2) is 4.98 Å². The van der Waals surface area contributed by atoms with Crippen LogP contribution in [0, 0.1) is 11.3 Å². The van der Waals surface area contributed by atoms with Crippen LogP contribution in [0.2, 0.25) is 0 Å². The Morgan fingerprint density at radius 2 is 1.49 bits per heavy atom. The zero-order chi connectivity index (χ0) is 23.9. The number of aromatic nitrogens is 2. The van der Waals surface area contributed by atoms with E-state index < -0.39 is 0 Å². The lowest BCUT2D eigenvalue weighted by atomic mass is 9.98. The molecule has 0 aliphatic carbocycles. The first-order chi connectivity index (χ1) is 17.3. The van der Waals surface area contributed by atoms with Crippen LogP contribution in [0.3, 0.4) is 0 Å². The lowest BCUT2D eigenvalue weighted by molar-refractivity contribution is 0.753. The topological polar surface area (TPSA) is 53.6 Å². The zero-order valence-corrected chi connectivity index (χ0v) is 19.4. The molecule has 4 aromatic carbocycles. The van der Waals surface area contributed by atoms with Crippen molar-refractivity contribution in [3.05, 3.63) is 144 Å². The molecule has 0 radical (unpaired) electrons. The van der Waals surface area contributed by atoms with Crippen LogP contribution >= 0.6 is 0 Å². The molecule has 0 aliphatic heterocycles. The number of hydrogen-bond acceptors (Lipinski definition) is 3. The van der Waals surface area contributed by atoms with E-state index in [1.807, 2.05) is 55.0 Å². The van der Waals surface area contributed by atoms with Gasteiger partial charge < -0.3 is 9.88 Å². The summed E-state index contributed by atoms with van der Waals surface area (Å²) in [5, 5.41) is 12.5. The van der Waals surface area contributed by atoms with Gasteiger partial charge in [0.05, 0.1) is 18.0 Å². The lowest BCUT2D eigenvalue weighted by Crippen LogP contribution is -2.04. The van der Waals surface area contributed by atoms with Gasteiger partial charge in [-0.2, -0.15) is 5.26 Å². The monoisotopic (exact) mass is 454 g/mol. The van der Waals surface area contributed by atoms with E-state index in [2.05, 4.69) is 81.6 Å². The van der Waals surface area contributed by atoms with Gasteiger partial charge in [0.15, 0.2) is 0 Å². The van der Waals surface area contributed by atoms with Crippen molar-refractivity contribution in [2.75, 3.05) is 5.32 Å². The molecule has 4 nitrogen and oxygen atoms in total. The lowest BCUT2D eigenvalue weighted by Gasteiger charge is -2.13. The third-order valence-corrected chi connectivity index (χ3v) is 6.16. The Morgan fingerprint density at radius 3 is 2.26 bits per heavy atom. The zero-order valence-electron chi connectivity index (χ0n) is 19.4. The highest BCUT2D eigenvalue weighted by atomic mass is 15.0. The molecule has 0 amide bonds. The van der Waals surface area contributed by atoms with Crippen molar-refractivity contribution in [3.8, 4) is 17.2 Å². The highest BCUT2D eigenvalue weighted by molar-refractivity contribution is 5.68. The SMILES string of the molecule is N#Cc1ccc(Cc2cncn2Cc2ccc(-c3ccccc3CNc3ccccc3)cc2)cc1. The van der Waals surface area contributed by atoms with E-state index in [9.17, 15) is 0 Å². The molecule has 35 heavy (non-hydrogen) atoms. The van der Waals surface area contributed by atoms with Crippen molar-refractivity contribution < 1.29 is 0 Å². The molecule has 4 heteroatoms. The van der Waals surface area contributed by atoms with E-state index in [4.69, 9.17) is 5.26 Å². The molecule has 0 unspecified atom stereocenters. The molecule has 0 saturated heterocycles. The van der Waals surface area contributed by atoms with Gasteiger partial charge in [0, 0.05) is 37.1 Å². The maximum Gasteiger partial charge on any atom is 0.0991 e. The molecule has 0 atom stereocenters. The summed E-state index contributed by atoms with van der Waals surface area (Å²) in [6.45, 7) is 1.54. The third-order valence-electron chi connectivity index (χ3n) is 6.16. The summed E-state index contributed by atoms with van der Waals surface area (Å²) < 4.78 is 2.19. The second kappa shape index (κ2) is 10.5. The Balaban J connectivity index is 1.28. The molecular weight excluding hydrogens is 428 g/mol. The Morgan fingerprint density at radius 1 is 0.771 bits per heavy atom. The van der Waals surface area contributed by atoms with Gasteiger partial charge >= 0.3 is 0 Å². The molecule has 5 rings (SSSR count). The fourth-order valence-electron chi connectivity index (χ4n) is 4.24. The Bertz CT molecular complexity index is 1430. The molecule has 0 saturated carbocycles. The van der Waals surface area contributed by atoms with Crippen LogP contribution < -0.4 is 5.32 Å². The van der Waals surface area contributed by atoms with E-state index in [-0.39, 0.29) is 0 Å². The van der Waals surface area contributed by atoms with Crippen molar-refractivity contribution in [1.29, 1.82) is 5.26 Å². The minimum Gasteiger partial charge on any atom is -0.381 e. The van der Waals surface area contributed by atoms with Crippen LogP contribution in [0.1, 0.15) is 27.9 Å². The fraction of sp³-hybridized carbons (Fsp3) is 0.0968. The van der Waals surface area contributed by atoms with Crippen LogP contribution in [-0.2, 0) is 19.5 Å². The third kappa shape index (κ3) is 5.48. The second-order valence-electron chi connectivity index (χ2n) is 8.57. The van der Waals surface area contributed by atoms with Crippen LogP contribution in [-0.4, -0.2) is 9.55 Å². The van der Waals surface area contributed by atoms with Crippen molar-refractivity contribution in [2.24, 2.45) is 0 Å². The second-order valence-corrected chi connectivity index (χ2v) is 8.57. The summed E-state index contributed by atoms with van der Waals surface area (Å²) in [6, 6.07) is 37.6. The molecule has 170 valence electrons. The van der Waals surface area contributed by atoms with Gasteiger partial charge in [-0.05, 0) is 52.1 Å². The summed E-state index contributed by atoms with van der Waals surface area (Å²) in [5.74, 6) is 0. The van der Waals surface area contributed by atoms with Crippen LogP contribution in [0.5, 0.6) is 0 Å². The molecule has 1 heterocycles. The summed E-state index contributed by atoms with van der Waals surface area (Å²) in [5.41, 5.74) is 9.07. The number of nitrogens with zero attached hydrogens (tertiary/aromatic N) is 3. The van der Waals surface area contributed by atoms with Crippen LogP contribution in [0.4, 0.5) is 5.69 Å². The molecule has 0 bridgehead atoms. The highest BCUT2D eigenvalue weighted by Crippen LogP contribution is 2.25. The molecule has 0 spiro atoms. The number of imidazole rings is 1. The fourth-order valence-corrected chi connectivity index (χ4v) is 4.24. The van der Waals surface area contributed by atoms with E-state index in [1.165, 1.54) is 27.8 Å². The molecule has 0 fully saturated rings. The normalized spacial score (nSPS) is 10.6. The van der Waals surface area contributed by atoms with E-state index in [0.29, 0.717) is 5.56 Å². The van der Waals surface area contributed by atoms with E-state index in [1.54, 1.807) is 0 Å². The number of hydrogen-bond donors (Lipinski definition) is 1. The average molecular weight is 455 g/mol. The number of nitrogens with one attached hydrogen (secondary N) is 1. The van der Waals surface area contributed by atoms with Crippen LogP contribution in [0.25, 0.3) is 11.1 Å².